The first-order chi connectivity index (χ1) is 8.74. The van der Waals surface area contributed by atoms with Crippen molar-refractivity contribution in [2.75, 3.05) is 0 Å². The molecule has 102 valence electrons. The number of carbonyl (C=O) groups excluding carboxylic acids is 1. The van der Waals surface area contributed by atoms with Crippen molar-refractivity contribution in [2.24, 2.45) is 23.5 Å². The smallest absolute Gasteiger partial charge is 0.323 e. The third kappa shape index (κ3) is 2.42. The standard InChI is InChI=1S/C15H25NO2/c16-14(11-4-2-1-3-5-11)15(17)18-13-9-10-6-7-12(13)8-10/h10-14H,1-9,16H2/t10?,12?,13?,14-/m0/s1. The van der Waals surface area contributed by atoms with Gasteiger partial charge in [0.25, 0.3) is 0 Å². The van der Waals surface area contributed by atoms with E-state index in [9.17, 15) is 4.79 Å². The fourth-order valence-electron chi connectivity index (χ4n) is 4.24. The Bertz CT molecular complexity index is 312. The minimum Gasteiger partial charge on any atom is -0.461 e. The monoisotopic (exact) mass is 251 g/mol. The Hall–Kier alpha value is -0.570. The highest BCUT2D eigenvalue weighted by atomic mass is 16.5. The molecule has 0 heterocycles. The lowest BCUT2D eigenvalue weighted by Crippen LogP contribution is -2.42. The van der Waals surface area contributed by atoms with Crippen LogP contribution >= 0.6 is 0 Å². The predicted octanol–water partition coefficient (Wildman–Crippen LogP) is 2.63. The molecule has 3 rings (SSSR count). The maximum atomic E-state index is 12.1. The molecular weight excluding hydrogens is 226 g/mol. The predicted molar refractivity (Wildman–Crippen MR) is 69.9 cm³/mol. The first kappa shape index (κ1) is 12.5. The number of nitrogens with two attached hydrogens (primary N) is 1. The van der Waals surface area contributed by atoms with Crippen molar-refractivity contribution in [1.82, 2.24) is 0 Å². The van der Waals surface area contributed by atoms with E-state index in [0.29, 0.717) is 11.8 Å². The van der Waals surface area contributed by atoms with Gasteiger partial charge >= 0.3 is 5.97 Å². The normalized spacial score (nSPS) is 37.7. The Morgan fingerprint density at radius 1 is 1.06 bits per heavy atom. The van der Waals surface area contributed by atoms with Crippen LogP contribution in [0.3, 0.4) is 0 Å². The molecule has 0 aromatic rings. The zero-order chi connectivity index (χ0) is 12.5. The fraction of sp³-hybridized carbons (Fsp3) is 0.933. The van der Waals surface area contributed by atoms with E-state index in [1.807, 2.05) is 0 Å². The number of carbonyl (C=O) groups is 1. The Labute approximate surface area is 109 Å². The second-order valence-corrected chi connectivity index (χ2v) is 6.57. The summed E-state index contributed by atoms with van der Waals surface area (Å²) in [5.41, 5.74) is 6.09. The van der Waals surface area contributed by atoms with Gasteiger partial charge in [-0.1, -0.05) is 19.3 Å². The summed E-state index contributed by atoms with van der Waals surface area (Å²) in [4.78, 5) is 12.1. The molecule has 0 amide bonds. The van der Waals surface area contributed by atoms with Crippen molar-refractivity contribution < 1.29 is 9.53 Å². The minimum atomic E-state index is -0.371. The van der Waals surface area contributed by atoms with E-state index >= 15 is 0 Å². The van der Waals surface area contributed by atoms with Gasteiger partial charge in [-0.15, -0.1) is 0 Å². The van der Waals surface area contributed by atoms with Crippen LogP contribution in [0, 0.1) is 17.8 Å². The van der Waals surface area contributed by atoms with E-state index in [-0.39, 0.29) is 18.1 Å². The molecule has 0 saturated heterocycles. The summed E-state index contributed by atoms with van der Waals surface area (Å²) in [5.74, 6) is 1.69. The van der Waals surface area contributed by atoms with Crippen molar-refractivity contribution in [1.29, 1.82) is 0 Å². The van der Waals surface area contributed by atoms with Gasteiger partial charge in [-0.05, 0) is 56.3 Å². The molecule has 3 saturated carbocycles. The summed E-state index contributed by atoms with van der Waals surface area (Å²) in [5, 5.41) is 0. The Morgan fingerprint density at radius 2 is 1.83 bits per heavy atom. The lowest BCUT2D eigenvalue weighted by Gasteiger charge is -2.29. The molecule has 0 aromatic heterocycles. The van der Waals surface area contributed by atoms with Gasteiger partial charge in [-0.3, -0.25) is 4.79 Å². The number of rotatable bonds is 3. The number of fused-ring (bicyclic) bond motifs is 2. The fourth-order valence-corrected chi connectivity index (χ4v) is 4.24. The molecule has 18 heavy (non-hydrogen) atoms. The summed E-state index contributed by atoms with van der Waals surface area (Å²) >= 11 is 0. The second kappa shape index (κ2) is 5.20. The average Bonchev–Trinajstić information content (AvgIpc) is 3.01. The molecule has 0 aliphatic heterocycles. The van der Waals surface area contributed by atoms with Gasteiger partial charge in [-0.2, -0.15) is 0 Å². The number of hydrogen-bond donors (Lipinski definition) is 1. The molecule has 3 aliphatic carbocycles. The molecule has 3 nitrogen and oxygen atoms in total. The van der Waals surface area contributed by atoms with Crippen LogP contribution in [0.4, 0.5) is 0 Å². The zero-order valence-electron chi connectivity index (χ0n) is 11.1. The quantitative estimate of drug-likeness (QED) is 0.784. The van der Waals surface area contributed by atoms with Gasteiger partial charge in [-0.25, -0.2) is 0 Å². The van der Waals surface area contributed by atoms with E-state index in [4.69, 9.17) is 10.5 Å². The van der Waals surface area contributed by atoms with Crippen LogP contribution in [0.2, 0.25) is 0 Å². The number of hydrogen-bond acceptors (Lipinski definition) is 3. The van der Waals surface area contributed by atoms with E-state index < -0.39 is 0 Å². The SMILES string of the molecule is N[C@H](C(=O)OC1CC2CCC1C2)C1CCCCC1. The Morgan fingerprint density at radius 3 is 2.44 bits per heavy atom. The summed E-state index contributed by atoms with van der Waals surface area (Å²) in [6.07, 6.45) is 11.1. The first-order valence-electron chi connectivity index (χ1n) is 7.70. The van der Waals surface area contributed by atoms with Crippen molar-refractivity contribution in [3.63, 3.8) is 0 Å². The van der Waals surface area contributed by atoms with Gasteiger partial charge in [0.1, 0.15) is 12.1 Å². The van der Waals surface area contributed by atoms with E-state index in [0.717, 1.165) is 25.2 Å². The molecule has 0 aromatic carbocycles. The molecule has 3 fully saturated rings. The summed E-state index contributed by atoms with van der Waals surface area (Å²) in [6.45, 7) is 0. The van der Waals surface area contributed by atoms with E-state index in [1.165, 1.54) is 38.5 Å². The highest BCUT2D eigenvalue weighted by Gasteiger charge is 2.42. The largest absolute Gasteiger partial charge is 0.461 e. The topological polar surface area (TPSA) is 52.3 Å². The molecule has 3 heteroatoms. The van der Waals surface area contributed by atoms with Crippen molar-refractivity contribution >= 4 is 5.97 Å². The third-order valence-corrected chi connectivity index (χ3v) is 5.37. The van der Waals surface area contributed by atoms with Crippen molar-refractivity contribution in [2.45, 2.75) is 69.9 Å². The van der Waals surface area contributed by atoms with E-state index in [2.05, 4.69) is 0 Å². The van der Waals surface area contributed by atoms with Crippen LogP contribution in [0.15, 0.2) is 0 Å². The lowest BCUT2D eigenvalue weighted by atomic mass is 9.84. The van der Waals surface area contributed by atoms with Crippen LogP contribution < -0.4 is 5.73 Å². The highest BCUT2D eigenvalue weighted by Crippen LogP contribution is 2.46. The van der Waals surface area contributed by atoms with Gasteiger partial charge < -0.3 is 10.5 Å². The van der Waals surface area contributed by atoms with Gasteiger partial charge in [0.2, 0.25) is 0 Å². The Balaban J connectivity index is 1.51. The van der Waals surface area contributed by atoms with E-state index in [1.54, 1.807) is 0 Å². The average molecular weight is 251 g/mol. The third-order valence-electron chi connectivity index (χ3n) is 5.37. The van der Waals surface area contributed by atoms with Gasteiger partial charge in [0, 0.05) is 0 Å². The van der Waals surface area contributed by atoms with Crippen LogP contribution in [0.25, 0.3) is 0 Å². The summed E-state index contributed by atoms with van der Waals surface area (Å²) < 4.78 is 5.70. The minimum absolute atomic E-state index is 0.126. The Kier molecular flexibility index (Phi) is 3.60. The highest BCUT2D eigenvalue weighted by molar-refractivity contribution is 5.76. The van der Waals surface area contributed by atoms with Crippen molar-refractivity contribution in [3.8, 4) is 0 Å². The van der Waals surface area contributed by atoms with Gasteiger partial charge in [0.15, 0.2) is 0 Å². The van der Waals surface area contributed by atoms with Crippen molar-refractivity contribution in [3.05, 3.63) is 0 Å². The zero-order valence-corrected chi connectivity index (χ0v) is 11.1. The van der Waals surface area contributed by atoms with Crippen LogP contribution in [0.1, 0.15) is 57.8 Å². The van der Waals surface area contributed by atoms with Crippen LogP contribution in [-0.2, 0) is 9.53 Å². The first-order valence-corrected chi connectivity index (χ1v) is 7.70. The molecule has 0 radical (unpaired) electrons. The number of ether oxygens (including phenoxy) is 1. The molecule has 0 spiro atoms. The lowest BCUT2D eigenvalue weighted by molar-refractivity contribution is -0.154. The van der Waals surface area contributed by atoms with Gasteiger partial charge in [0.05, 0.1) is 0 Å². The maximum absolute atomic E-state index is 12.1. The number of esters is 1. The van der Waals surface area contributed by atoms with Crippen LogP contribution in [0.5, 0.6) is 0 Å². The molecule has 4 atom stereocenters. The maximum Gasteiger partial charge on any atom is 0.323 e. The molecule has 3 unspecified atom stereocenters. The molecule has 2 N–H and O–H groups in total. The molecule has 2 bridgehead atoms. The van der Waals surface area contributed by atoms with Crippen LogP contribution in [-0.4, -0.2) is 18.1 Å². The second-order valence-electron chi connectivity index (χ2n) is 6.57. The molecular formula is C15H25NO2. The molecule has 3 aliphatic rings. The summed E-state index contributed by atoms with van der Waals surface area (Å²) in [7, 11) is 0. The summed E-state index contributed by atoms with van der Waals surface area (Å²) in [6, 6.07) is -0.371.